The normalized spacial score (nSPS) is 12.2. The molecule has 0 aliphatic rings. The smallest absolute Gasteiger partial charge is 0.346 e. The Kier molecular flexibility index (Phi) is 7.90. The Labute approximate surface area is 221 Å². The van der Waals surface area contributed by atoms with Crippen LogP contribution in [-0.2, 0) is 9.53 Å². The summed E-state index contributed by atoms with van der Waals surface area (Å²) in [5, 5.41) is 5.04. The van der Waals surface area contributed by atoms with E-state index in [9.17, 15) is 9.59 Å². The van der Waals surface area contributed by atoms with E-state index in [2.05, 4.69) is 18.9 Å². The molecule has 0 bridgehead atoms. The fourth-order valence-electron chi connectivity index (χ4n) is 4.15. The molecule has 0 spiro atoms. The van der Waals surface area contributed by atoms with Crippen LogP contribution in [0.1, 0.15) is 43.4 Å². The minimum atomic E-state index is -0.729. The third-order valence-corrected chi connectivity index (χ3v) is 6.24. The van der Waals surface area contributed by atoms with Crippen molar-refractivity contribution in [3.63, 3.8) is 0 Å². The number of methoxy groups -OCH3 is 2. The number of benzene rings is 3. The summed E-state index contributed by atoms with van der Waals surface area (Å²) in [5.74, 6) is 1.50. The van der Waals surface area contributed by atoms with E-state index in [0.29, 0.717) is 22.5 Å². The number of carbonyl (C=O) groups excluding carboxylic acids is 1. The summed E-state index contributed by atoms with van der Waals surface area (Å²) >= 11 is 0. The van der Waals surface area contributed by atoms with Gasteiger partial charge in [-0.25, -0.2) is 9.78 Å². The topological polar surface area (TPSA) is 92.0 Å². The quantitative estimate of drug-likeness (QED) is 0.234. The fraction of sp³-hybridized carbons (Fsp3) is 0.267. The molecular formula is C30H31N3O5. The zero-order chi connectivity index (χ0) is 27.4. The van der Waals surface area contributed by atoms with E-state index in [4.69, 9.17) is 19.2 Å². The van der Waals surface area contributed by atoms with Crippen molar-refractivity contribution in [2.75, 3.05) is 14.2 Å². The van der Waals surface area contributed by atoms with Gasteiger partial charge in [0.2, 0.25) is 0 Å². The molecule has 0 saturated heterocycles. The molecule has 1 heterocycles. The maximum Gasteiger partial charge on any atom is 0.346 e. The maximum atomic E-state index is 13.6. The lowest BCUT2D eigenvalue weighted by atomic mass is 9.96. The Balaban J connectivity index is 1.79. The highest BCUT2D eigenvalue weighted by Gasteiger charge is 2.18. The van der Waals surface area contributed by atoms with Gasteiger partial charge in [0, 0.05) is 5.56 Å². The molecule has 0 saturated carbocycles. The standard InChI is InChI=1S/C30H31N3O5/c1-18(2)24-16-25(19(3)15-27(24)36-5)28-32-26-10-8-7-9-23(26)29(34)33(28)31-17-21-11-13-22(14-12-21)38-20(4)30(35)37-6/h7-18,20H,1-6H3/t20-/m1/s1. The molecule has 0 fully saturated rings. The lowest BCUT2D eigenvalue weighted by molar-refractivity contribution is -0.147. The van der Waals surface area contributed by atoms with Gasteiger partial charge in [0.25, 0.3) is 5.56 Å². The van der Waals surface area contributed by atoms with Crippen molar-refractivity contribution in [3.05, 3.63) is 87.7 Å². The van der Waals surface area contributed by atoms with Gasteiger partial charge >= 0.3 is 5.97 Å². The Morgan fingerprint density at radius 1 is 1.03 bits per heavy atom. The molecule has 0 amide bonds. The first-order valence-corrected chi connectivity index (χ1v) is 12.3. The van der Waals surface area contributed by atoms with Crippen LogP contribution >= 0.6 is 0 Å². The molecule has 0 aliphatic heterocycles. The first-order chi connectivity index (χ1) is 18.2. The second kappa shape index (κ2) is 11.3. The third-order valence-electron chi connectivity index (χ3n) is 6.24. The number of fused-ring (bicyclic) bond motifs is 1. The van der Waals surface area contributed by atoms with Crippen molar-refractivity contribution >= 4 is 23.1 Å². The van der Waals surface area contributed by atoms with E-state index in [0.717, 1.165) is 28.0 Å². The number of esters is 1. The molecule has 0 unspecified atom stereocenters. The lowest BCUT2D eigenvalue weighted by Crippen LogP contribution is -2.24. The second-order valence-corrected chi connectivity index (χ2v) is 9.23. The van der Waals surface area contributed by atoms with Gasteiger partial charge in [-0.05, 0) is 85.0 Å². The molecule has 0 N–H and O–H groups in total. The van der Waals surface area contributed by atoms with Crippen molar-refractivity contribution in [2.24, 2.45) is 5.10 Å². The zero-order valence-electron chi connectivity index (χ0n) is 22.4. The van der Waals surface area contributed by atoms with E-state index in [-0.39, 0.29) is 11.5 Å². The summed E-state index contributed by atoms with van der Waals surface area (Å²) in [7, 11) is 2.97. The van der Waals surface area contributed by atoms with Crippen LogP contribution in [-0.4, -0.2) is 42.2 Å². The highest BCUT2D eigenvalue weighted by molar-refractivity contribution is 5.82. The molecule has 1 atom stereocenters. The first kappa shape index (κ1) is 26.6. The van der Waals surface area contributed by atoms with Gasteiger partial charge in [0.05, 0.1) is 31.3 Å². The number of ether oxygens (including phenoxy) is 3. The minimum absolute atomic E-state index is 0.205. The highest BCUT2D eigenvalue weighted by Crippen LogP contribution is 2.34. The molecular weight excluding hydrogens is 482 g/mol. The van der Waals surface area contributed by atoms with E-state index < -0.39 is 12.1 Å². The summed E-state index contributed by atoms with van der Waals surface area (Å²) in [4.78, 5) is 30.1. The lowest BCUT2D eigenvalue weighted by Gasteiger charge is -2.17. The predicted molar refractivity (Wildman–Crippen MR) is 148 cm³/mol. The summed E-state index contributed by atoms with van der Waals surface area (Å²) in [6.07, 6.45) is 0.865. The molecule has 38 heavy (non-hydrogen) atoms. The van der Waals surface area contributed by atoms with Crippen molar-refractivity contribution in [2.45, 2.75) is 39.7 Å². The average Bonchev–Trinajstić information content (AvgIpc) is 2.92. The van der Waals surface area contributed by atoms with Gasteiger partial charge in [0.1, 0.15) is 11.5 Å². The highest BCUT2D eigenvalue weighted by atomic mass is 16.6. The monoisotopic (exact) mass is 513 g/mol. The number of carbonyl (C=O) groups is 1. The van der Waals surface area contributed by atoms with Gasteiger partial charge in [-0.1, -0.05) is 26.0 Å². The number of aryl methyl sites for hydroxylation is 1. The van der Waals surface area contributed by atoms with Gasteiger partial charge < -0.3 is 14.2 Å². The zero-order valence-corrected chi connectivity index (χ0v) is 22.4. The van der Waals surface area contributed by atoms with Crippen LogP contribution in [0.25, 0.3) is 22.3 Å². The van der Waals surface area contributed by atoms with Gasteiger partial charge in [-0.15, -0.1) is 0 Å². The Morgan fingerprint density at radius 3 is 2.39 bits per heavy atom. The maximum absolute atomic E-state index is 13.6. The number of nitrogens with zero attached hydrogens (tertiary/aromatic N) is 3. The van der Waals surface area contributed by atoms with Crippen LogP contribution in [0.15, 0.2) is 70.6 Å². The van der Waals surface area contributed by atoms with Crippen LogP contribution < -0.4 is 15.0 Å². The molecule has 1 aromatic heterocycles. The molecule has 8 heteroatoms. The SMILES string of the molecule is COC(=O)[C@@H](C)Oc1ccc(C=Nn2c(-c3cc(C(C)C)c(OC)cc3C)nc3ccccc3c2=O)cc1. The Morgan fingerprint density at radius 2 is 1.74 bits per heavy atom. The minimum Gasteiger partial charge on any atom is -0.496 e. The third kappa shape index (κ3) is 5.44. The average molecular weight is 514 g/mol. The van der Waals surface area contributed by atoms with Crippen LogP contribution in [0.3, 0.4) is 0 Å². The van der Waals surface area contributed by atoms with Crippen LogP contribution in [0, 0.1) is 6.92 Å². The fourth-order valence-corrected chi connectivity index (χ4v) is 4.15. The van der Waals surface area contributed by atoms with Crippen molar-refractivity contribution in [1.82, 2.24) is 9.66 Å². The molecule has 8 nitrogen and oxygen atoms in total. The van der Waals surface area contributed by atoms with Crippen molar-refractivity contribution < 1.29 is 19.0 Å². The second-order valence-electron chi connectivity index (χ2n) is 9.23. The summed E-state index contributed by atoms with van der Waals surface area (Å²) in [5.41, 5.74) is 3.80. The molecule has 0 radical (unpaired) electrons. The number of rotatable bonds is 8. The van der Waals surface area contributed by atoms with Crippen LogP contribution in [0.4, 0.5) is 0 Å². The van der Waals surface area contributed by atoms with Gasteiger partial charge in [-0.3, -0.25) is 4.79 Å². The van der Waals surface area contributed by atoms with E-state index in [1.165, 1.54) is 11.8 Å². The first-order valence-electron chi connectivity index (χ1n) is 12.3. The van der Waals surface area contributed by atoms with Gasteiger partial charge in [-0.2, -0.15) is 9.78 Å². The summed E-state index contributed by atoms with van der Waals surface area (Å²) in [6, 6.07) is 18.3. The van der Waals surface area contributed by atoms with Crippen molar-refractivity contribution in [1.29, 1.82) is 0 Å². The van der Waals surface area contributed by atoms with Gasteiger partial charge in [0.15, 0.2) is 11.9 Å². The van der Waals surface area contributed by atoms with E-state index in [1.807, 2.05) is 37.3 Å². The molecule has 4 aromatic rings. The van der Waals surface area contributed by atoms with E-state index >= 15 is 0 Å². The summed E-state index contributed by atoms with van der Waals surface area (Å²) < 4.78 is 17.2. The summed E-state index contributed by atoms with van der Waals surface area (Å²) in [6.45, 7) is 7.77. The molecule has 3 aromatic carbocycles. The predicted octanol–water partition coefficient (Wildman–Crippen LogP) is 5.33. The molecule has 4 rings (SSSR count). The van der Waals surface area contributed by atoms with Crippen LogP contribution in [0.2, 0.25) is 0 Å². The largest absolute Gasteiger partial charge is 0.496 e. The number of aromatic nitrogens is 2. The number of para-hydroxylation sites is 1. The number of hydrogen-bond acceptors (Lipinski definition) is 7. The van der Waals surface area contributed by atoms with Crippen LogP contribution in [0.5, 0.6) is 11.5 Å². The number of hydrogen-bond donors (Lipinski definition) is 0. The Hall–Kier alpha value is -4.46. The molecule has 196 valence electrons. The van der Waals surface area contributed by atoms with Crippen molar-refractivity contribution in [3.8, 4) is 22.9 Å². The molecule has 0 aliphatic carbocycles. The Bertz CT molecular complexity index is 1560. The van der Waals surface area contributed by atoms with E-state index in [1.54, 1.807) is 50.6 Å².